The molecule has 1 aliphatic carbocycles. The molecule has 9 heteroatoms. The maximum Gasteiger partial charge on any atom is 0.275 e. The molecule has 5 rings (SSSR count). The highest BCUT2D eigenvalue weighted by Crippen LogP contribution is 2.41. The van der Waals surface area contributed by atoms with E-state index in [0.29, 0.717) is 28.0 Å². The molecular weight excluding hydrogens is 435 g/mol. The maximum atomic E-state index is 13.9. The van der Waals surface area contributed by atoms with Crippen molar-refractivity contribution in [1.82, 2.24) is 14.6 Å². The minimum atomic E-state index is -0.571. The zero-order chi connectivity index (χ0) is 21.4. The van der Waals surface area contributed by atoms with Gasteiger partial charge < -0.3 is 5.32 Å². The summed E-state index contributed by atoms with van der Waals surface area (Å²) in [5.41, 5.74) is 1.02. The van der Waals surface area contributed by atoms with Crippen LogP contribution in [0.3, 0.4) is 0 Å². The van der Waals surface area contributed by atoms with Crippen LogP contribution < -0.4 is 10.9 Å². The van der Waals surface area contributed by atoms with Crippen molar-refractivity contribution in [2.24, 2.45) is 0 Å². The van der Waals surface area contributed by atoms with Gasteiger partial charge in [0.25, 0.3) is 11.5 Å². The van der Waals surface area contributed by atoms with Crippen molar-refractivity contribution in [3.63, 3.8) is 0 Å². The quantitative estimate of drug-likeness (QED) is 0.429. The van der Waals surface area contributed by atoms with Crippen molar-refractivity contribution in [3.05, 3.63) is 87.0 Å². The fourth-order valence-corrected chi connectivity index (χ4v) is 5.12. The third kappa shape index (κ3) is 4.24. The standard InChI is InChI=1S/C22H17FN4O2S2/c23-16-6-2-1-5-15(16)20(29)25-17-7-3-4-8-18(17)30-12-14-11-19(28)27-22(24-14)31-21(26-27)13-9-10-13/h1-8,11,13H,9-10,12H2,(H,25,29). The molecule has 0 spiro atoms. The number of fused-ring (bicyclic) bond motifs is 1. The van der Waals surface area contributed by atoms with Gasteiger partial charge in [-0.25, -0.2) is 9.37 Å². The highest BCUT2D eigenvalue weighted by Gasteiger charge is 2.28. The molecule has 1 amide bonds. The second-order valence-corrected chi connectivity index (χ2v) is 9.22. The van der Waals surface area contributed by atoms with E-state index < -0.39 is 11.7 Å². The van der Waals surface area contributed by atoms with E-state index in [2.05, 4.69) is 15.4 Å². The maximum absolute atomic E-state index is 13.9. The number of aromatic nitrogens is 3. The van der Waals surface area contributed by atoms with Gasteiger partial charge in [0.15, 0.2) is 0 Å². The van der Waals surface area contributed by atoms with Crippen LogP contribution in [0, 0.1) is 5.82 Å². The fraction of sp³-hybridized carbons (Fsp3) is 0.182. The molecule has 0 bridgehead atoms. The number of anilines is 1. The van der Waals surface area contributed by atoms with Crippen LogP contribution in [0.2, 0.25) is 0 Å². The number of rotatable bonds is 6. The molecule has 0 radical (unpaired) electrons. The predicted molar refractivity (Wildman–Crippen MR) is 119 cm³/mol. The van der Waals surface area contributed by atoms with Gasteiger partial charge in [0.2, 0.25) is 4.96 Å². The van der Waals surface area contributed by atoms with Crippen LogP contribution in [0.15, 0.2) is 64.3 Å². The molecule has 1 saturated carbocycles. The number of para-hydroxylation sites is 1. The van der Waals surface area contributed by atoms with Crippen molar-refractivity contribution in [2.45, 2.75) is 29.4 Å². The Hall–Kier alpha value is -3.04. The number of amides is 1. The fourth-order valence-electron chi connectivity index (χ4n) is 3.12. The molecule has 6 nitrogen and oxygen atoms in total. The minimum Gasteiger partial charge on any atom is -0.321 e. The number of nitrogens with one attached hydrogen (secondary N) is 1. The molecule has 2 heterocycles. The molecule has 0 atom stereocenters. The Balaban J connectivity index is 1.35. The van der Waals surface area contributed by atoms with Gasteiger partial charge in [-0.2, -0.15) is 9.61 Å². The molecule has 156 valence electrons. The highest BCUT2D eigenvalue weighted by molar-refractivity contribution is 7.98. The molecule has 2 aromatic heterocycles. The first kappa shape index (κ1) is 19.9. The van der Waals surface area contributed by atoms with Crippen molar-refractivity contribution in [2.75, 3.05) is 5.32 Å². The number of carbonyl (C=O) groups excluding carboxylic acids is 1. The Morgan fingerprint density at radius 3 is 2.77 bits per heavy atom. The van der Waals surface area contributed by atoms with Gasteiger partial charge in [-0.05, 0) is 37.1 Å². The third-order valence-electron chi connectivity index (χ3n) is 4.87. The topological polar surface area (TPSA) is 76.4 Å². The minimum absolute atomic E-state index is 0.0147. The Labute approximate surface area is 185 Å². The lowest BCUT2D eigenvalue weighted by Gasteiger charge is -2.11. The number of thioether (sulfide) groups is 1. The van der Waals surface area contributed by atoms with E-state index in [1.165, 1.54) is 45.8 Å². The smallest absolute Gasteiger partial charge is 0.275 e. The summed E-state index contributed by atoms with van der Waals surface area (Å²) >= 11 is 2.92. The Kier molecular flexibility index (Phi) is 5.29. The first-order valence-corrected chi connectivity index (χ1v) is 11.6. The normalized spacial score (nSPS) is 13.5. The Morgan fingerprint density at radius 2 is 1.97 bits per heavy atom. The molecule has 1 aliphatic rings. The second kappa shape index (κ2) is 8.24. The van der Waals surface area contributed by atoms with Crippen molar-refractivity contribution in [1.29, 1.82) is 0 Å². The van der Waals surface area contributed by atoms with E-state index in [1.807, 2.05) is 12.1 Å². The van der Waals surface area contributed by atoms with Gasteiger partial charge in [0.1, 0.15) is 10.8 Å². The van der Waals surface area contributed by atoms with Gasteiger partial charge in [0, 0.05) is 22.6 Å². The first-order valence-electron chi connectivity index (χ1n) is 9.76. The summed E-state index contributed by atoms with van der Waals surface area (Å²) in [7, 11) is 0. The van der Waals surface area contributed by atoms with Crippen LogP contribution in [0.25, 0.3) is 4.96 Å². The predicted octanol–water partition coefficient (Wildman–Crippen LogP) is 4.71. The summed E-state index contributed by atoms with van der Waals surface area (Å²) in [6.45, 7) is 0. The van der Waals surface area contributed by atoms with E-state index in [9.17, 15) is 14.0 Å². The van der Waals surface area contributed by atoms with E-state index >= 15 is 0 Å². The third-order valence-corrected chi connectivity index (χ3v) is 7.05. The van der Waals surface area contributed by atoms with Gasteiger partial charge >= 0.3 is 0 Å². The Bertz CT molecular complexity index is 1350. The van der Waals surface area contributed by atoms with Crippen LogP contribution >= 0.6 is 23.1 Å². The number of benzene rings is 2. The van der Waals surface area contributed by atoms with Crippen molar-refractivity contribution >= 4 is 39.7 Å². The Morgan fingerprint density at radius 1 is 1.19 bits per heavy atom. The number of carbonyl (C=O) groups is 1. The average Bonchev–Trinajstić information content (AvgIpc) is 3.52. The van der Waals surface area contributed by atoms with E-state index in [4.69, 9.17) is 0 Å². The lowest BCUT2D eigenvalue weighted by Crippen LogP contribution is -2.15. The number of nitrogens with zero attached hydrogens (tertiary/aromatic N) is 3. The molecule has 4 aromatic rings. The molecule has 0 aliphatic heterocycles. The number of halogens is 1. The molecule has 31 heavy (non-hydrogen) atoms. The summed E-state index contributed by atoms with van der Waals surface area (Å²) in [5.74, 6) is -0.164. The van der Waals surface area contributed by atoms with Crippen molar-refractivity contribution < 1.29 is 9.18 Å². The van der Waals surface area contributed by atoms with Crippen LogP contribution in [0.1, 0.15) is 39.8 Å². The number of hydrogen-bond acceptors (Lipinski definition) is 6. The zero-order valence-corrected chi connectivity index (χ0v) is 17.9. The lowest BCUT2D eigenvalue weighted by molar-refractivity contribution is 0.102. The molecule has 1 N–H and O–H groups in total. The highest BCUT2D eigenvalue weighted by atomic mass is 32.2. The van der Waals surface area contributed by atoms with Gasteiger partial charge in [-0.1, -0.05) is 35.6 Å². The van der Waals surface area contributed by atoms with Gasteiger partial charge in [0.05, 0.1) is 16.9 Å². The summed E-state index contributed by atoms with van der Waals surface area (Å²) < 4.78 is 15.3. The van der Waals surface area contributed by atoms with Crippen LogP contribution in [-0.2, 0) is 5.75 Å². The van der Waals surface area contributed by atoms with Crippen LogP contribution in [0.4, 0.5) is 10.1 Å². The van der Waals surface area contributed by atoms with E-state index in [1.54, 1.807) is 24.3 Å². The summed E-state index contributed by atoms with van der Waals surface area (Å²) in [6, 6.07) is 14.6. The summed E-state index contributed by atoms with van der Waals surface area (Å²) in [5, 5.41) is 8.13. The molecule has 2 aromatic carbocycles. The molecule has 0 unspecified atom stereocenters. The SMILES string of the molecule is O=C(Nc1ccccc1SCc1cc(=O)n2nc(C3CC3)sc2n1)c1ccccc1F. The monoisotopic (exact) mass is 452 g/mol. The van der Waals surface area contributed by atoms with E-state index in [0.717, 1.165) is 22.7 Å². The van der Waals surface area contributed by atoms with Crippen LogP contribution in [-0.4, -0.2) is 20.5 Å². The molecule has 0 saturated heterocycles. The lowest BCUT2D eigenvalue weighted by atomic mass is 10.2. The second-order valence-electron chi connectivity index (χ2n) is 7.21. The van der Waals surface area contributed by atoms with Crippen molar-refractivity contribution in [3.8, 4) is 0 Å². The average molecular weight is 453 g/mol. The zero-order valence-electron chi connectivity index (χ0n) is 16.2. The number of hydrogen-bond donors (Lipinski definition) is 1. The summed E-state index contributed by atoms with van der Waals surface area (Å²) in [6.07, 6.45) is 2.24. The molecule has 1 fully saturated rings. The van der Waals surface area contributed by atoms with Gasteiger partial charge in [-0.15, -0.1) is 11.8 Å². The van der Waals surface area contributed by atoms with Gasteiger partial charge in [-0.3, -0.25) is 9.59 Å². The molecular formula is C22H17FN4O2S2. The van der Waals surface area contributed by atoms with E-state index in [-0.39, 0.29) is 11.1 Å². The van der Waals surface area contributed by atoms with Crippen LogP contribution in [0.5, 0.6) is 0 Å². The largest absolute Gasteiger partial charge is 0.321 e. The summed E-state index contributed by atoms with van der Waals surface area (Å²) in [4.78, 5) is 30.9. The first-order chi connectivity index (χ1) is 15.1.